The molecule has 5 nitrogen and oxygen atoms in total. The zero-order chi connectivity index (χ0) is 15.0. The van der Waals surface area contributed by atoms with E-state index in [0.717, 1.165) is 5.56 Å². The highest BCUT2D eigenvalue weighted by molar-refractivity contribution is 7.33. The zero-order valence-corrected chi connectivity index (χ0v) is 13.1. The summed E-state index contributed by atoms with van der Waals surface area (Å²) in [6.07, 6.45) is -0.0762. The van der Waals surface area contributed by atoms with Crippen LogP contribution >= 0.6 is 8.25 Å². The van der Waals surface area contributed by atoms with Crippen LogP contribution in [0.25, 0.3) is 0 Å². The summed E-state index contributed by atoms with van der Waals surface area (Å²) >= 11 is 0. The molecule has 0 bridgehead atoms. The molecule has 0 fully saturated rings. The lowest BCUT2D eigenvalue weighted by Crippen LogP contribution is -2.07. The molecule has 1 N–H and O–H groups in total. The highest BCUT2D eigenvalue weighted by Crippen LogP contribution is 2.35. The molecule has 0 aliphatic rings. The third-order valence-corrected chi connectivity index (χ3v) is 3.48. The number of oxime groups is 1. The Morgan fingerprint density at radius 3 is 2.55 bits per heavy atom. The van der Waals surface area contributed by atoms with Gasteiger partial charge in [0.15, 0.2) is 0 Å². The number of hydrogen-bond acceptors (Lipinski definition) is 5. The van der Waals surface area contributed by atoms with Crippen LogP contribution in [0, 0.1) is 5.92 Å². The smallest absolute Gasteiger partial charge is 0.319 e. The fourth-order valence-electron chi connectivity index (χ4n) is 1.59. The summed E-state index contributed by atoms with van der Waals surface area (Å²) in [5.74, 6) is 0.295. The van der Waals surface area contributed by atoms with Crippen molar-refractivity contribution in [1.29, 1.82) is 0 Å². The van der Waals surface area contributed by atoms with Crippen molar-refractivity contribution in [2.45, 2.75) is 33.3 Å². The SMILES string of the molecule is CC(CC(O[PH](=O)OCC(C)C)c1ccccc1)=NO. The van der Waals surface area contributed by atoms with Gasteiger partial charge in [-0.3, -0.25) is 4.57 Å². The van der Waals surface area contributed by atoms with Gasteiger partial charge in [-0.25, -0.2) is 0 Å². The molecule has 0 spiro atoms. The Hall–Kier alpha value is -1.16. The number of hydrogen-bond donors (Lipinski definition) is 1. The molecule has 0 aromatic heterocycles. The molecule has 0 aliphatic heterocycles. The Kier molecular flexibility index (Phi) is 7.52. The van der Waals surface area contributed by atoms with Crippen LogP contribution in [0.2, 0.25) is 0 Å². The van der Waals surface area contributed by atoms with Gasteiger partial charge in [0.2, 0.25) is 0 Å². The van der Waals surface area contributed by atoms with Crippen molar-refractivity contribution in [2.75, 3.05) is 6.61 Å². The molecule has 0 radical (unpaired) electrons. The maximum atomic E-state index is 11.8. The van der Waals surface area contributed by atoms with Crippen LogP contribution in [-0.2, 0) is 13.6 Å². The maximum absolute atomic E-state index is 11.8. The Balaban J connectivity index is 2.71. The van der Waals surface area contributed by atoms with E-state index in [1.54, 1.807) is 6.92 Å². The van der Waals surface area contributed by atoms with Crippen molar-refractivity contribution in [2.24, 2.45) is 11.1 Å². The van der Waals surface area contributed by atoms with Gasteiger partial charge in [0.05, 0.1) is 18.4 Å². The van der Waals surface area contributed by atoms with Crippen LogP contribution in [0.3, 0.4) is 0 Å². The molecule has 0 saturated heterocycles. The zero-order valence-electron chi connectivity index (χ0n) is 12.1. The lowest BCUT2D eigenvalue weighted by molar-refractivity contribution is 0.159. The van der Waals surface area contributed by atoms with Gasteiger partial charge in [-0.15, -0.1) is 0 Å². The molecule has 0 heterocycles. The molecule has 2 atom stereocenters. The van der Waals surface area contributed by atoms with Crippen molar-refractivity contribution in [3.05, 3.63) is 35.9 Å². The Morgan fingerprint density at radius 1 is 1.35 bits per heavy atom. The van der Waals surface area contributed by atoms with Crippen molar-refractivity contribution >= 4 is 14.0 Å². The standard InChI is InChI=1S/C14H22NO4P/c1-11(2)10-18-20(17)19-14(9-12(3)15-16)13-7-5-4-6-8-13/h4-8,11,14,16,20H,9-10H2,1-3H3. The minimum Gasteiger partial charge on any atom is -0.411 e. The van der Waals surface area contributed by atoms with Gasteiger partial charge in [0, 0.05) is 6.42 Å². The van der Waals surface area contributed by atoms with Crippen molar-refractivity contribution < 1.29 is 18.8 Å². The van der Waals surface area contributed by atoms with Crippen LogP contribution in [0.15, 0.2) is 35.5 Å². The van der Waals surface area contributed by atoms with Gasteiger partial charge in [0.25, 0.3) is 0 Å². The second kappa shape index (κ2) is 8.90. The molecule has 6 heteroatoms. The molecule has 0 aliphatic carbocycles. The third kappa shape index (κ3) is 6.33. The first kappa shape index (κ1) is 16.9. The van der Waals surface area contributed by atoms with E-state index in [0.29, 0.717) is 24.7 Å². The maximum Gasteiger partial charge on any atom is 0.319 e. The predicted molar refractivity (Wildman–Crippen MR) is 79.6 cm³/mol. The Bertz CT molecular complexity index is 448. The van der Waals surface area contributed by atoms with Gasteiger partial charge in [-0.2, -0.15) is 0 Å². The van der Waals surface area contributed by atoms with Crippen LogP contribution in [-0.4, -0.2) is 17.5 Å². The topological polar surface area (TPSA) is 68.1 Å². The normalized spacial score (nSPS) is 15.3. The first-order valence-corrected chi connectivity index (χ1v) is 7.81. The van der Waals surface area contributed by atoms with Gasteiger partial charge in [-0.05, 0) is 18.4 Å². The molecule has 1 aromatic rings. The average Bonchev–Trinajstić information content (AvgIpc) is 2.45. The quantitative estimate of drug-likeness (QED) is 0.340. The average molecular weight is 299 g/mol. The summed E-state index contributed by atoms with van der Waals surface area (Å²) in [7, 11) is -2.57. The molecule has 1 rings (SSSR count). The van der Waals surface area contributed by atoms with Crippen LogP contribution in [0.4, 0.5) is 0 Å². The highest BCUT2D eigenvalue weighted by Gasteiger charge is 2.17. The van der Waals surface area contributed by atoms with Gasteiger partial charge >= 0.3 is 8.25 Å². The van der Waals surface area contributed by atoms with E-state index in [1.807, 2.05) is 44.2 Å². The summed E-state index contributed by atoms with van der Waals surface area (Å²) in [6.45, 7) is 6.04. The van der Waals surface area contributed by atoms with E-state index < -0.39 is 14.4 Å². The lowest BCUT2D eigenvalue weighted by atomic mass is 10.0. The number of nitrogens with zero attached hydrogens (tertiary/aromatic N) is 1. The second-order valence-corrected chi connectivity index (χ2v) is 6.04. The molecule has 2 unspecified atom stereocenters. The van der Waals surface area contributed by atoms with E-state index >= 15 is 0 Å². The fourth-order valence-corrected chi connectivity index (χ4v) is 2.58. The molecular formula is C14H22NO4P. The fraction of sp³-hybridized carbons (Fsp3) is 0.500. The molecule has 1 aromatic carbocycles. The molecule has 0 amide bonds. The van der Waals surface area contributed by atoms with Gasteiger partial charge in [0.1, 0.15) is 0 Å². The largest absolute Gasteiger partial charge is 0.411 e. The first-order valence-electron chi connectivity index (χ1n) is 6.58. The number of rotatable bonds is 8. The predicted octanol–water partition coefficient (Wildman–Crippen LogP) is 4.05. The van der Waals surface area contributed by atoms with E-state index in [2.05, 4.69) is 5.16 Å². The Labute approximate surface area is 120 Å². The third-order valence-electron chi connectivity index (χ3n) is 2.60. The van der Waals surface area contributed by atoms with Crippen molar-refractivity contribution in [3.8, 4) is 0 Å². The van der Waals surface area contributed by atoms with Crippen LogP contribution < -0.4 is 0 Å². The van der Waals surface area contributed by atoms with E-state index in [4.69, 9.17) is 14.3 Å². The minimum absolute atomic E-state index is 0.295. The summed E-state index contributed by atoms with van der Waals surface area (Å²) in [5.41, 5.74) is 1.39. The van der Waals surface area contributed by atoms with E-state index in [9.17, 15) is 4.57 Å². The van der Waals surface area contributed by atoms with E-state index in [-0.39, 0.29) is 0 Å². The van der Waals surface area contributed by atoms with Crippen LogP contribution in [0.1, 0.15) is 38.9 Å². The van der Waals surface area contributed by atoms with Gasteiger partial charge < -0.3 is 14.3 Å². The monoisotopic (exact) mass is 299 g/mol. The van der Waals surface area contributed by atoms with E-state index in [1.165, 1.54) is 0 Å². The van der Waals surface area contributed by atoms with Crippen molar-refractivity contribution in [1.82, 2.24) is 0 Å². The summed E-state index contributed by atoms with van der Waals surface area (Å²) in [4.78, 5) is 0. The molecule has 0 saturated carbocycles. The lowest BCUT2D eigenvalue weighted by Gasteiger charge is -2.18. The highest BCUT2D eigenvalue weighted by atomic mass is 31.1. The summed E-state index contributed by atoms with van der Waals surface area (Å²) in [6, 6.07) is 9.41. The second-order valence-electron chi connectivity index (χ2n) is 5.01. The summed E-state index contributed by atoms with van der Waals surface area (Å²) < 4.78 is 22.5. The van der Waals surface area contributed by atoms with Crippen molar-refractivity contribution in [3.63, 3.8) is 0 Å². The molecule has 112 valence electrons. The summed E-state index contributed by atoms with van der Waals surface area (Å²) in [5, 5.41) is 11.9. The Morgan fingerprint density at radius 2 is 2.00 bits per heavy atom. The van der Waals surface area contributed by atoms with Gasteiger partial charge in [-0.1, -0.05) is 49.3 Å². The molecule has 20 heavy (non-hydrogen) atoms. The minimum atomic E-state index is -2.57. The molecular weight excluding hydrogens is 277 g/mol. The van der Waals surface area contributed by atoms with Crippen LogP contribution in [0.5, 0.6) is 0 Å². The first-order chi connectivity index (χ1) is 9.52. The number of benzene rings is 1.